The minimum Gasteiger partial charge on any atom is -0.411 e. The van der Waals surface area contributed by atoms with Crippen LogP contribution in [0.1, 0.15) is 36.6 Å². The second kappa shape index (κ2) is 6.32. The monoisotopic (exact) mass is 294 g/mol. The van der Waals surface area contributed by atoms with E-state index in [1.54, 1.807) is 0 Å². The zero-order chi connectivity index (χ0) is 15.5. The van der Waals surface area contributed by atoms with Crippen LogP contribution >= 0.6 is 0 Å². The van der Waals surface area contributed by atoms with Crippen LogP contribution in [0, 0.1) is 5.92 Å². The zero-order valence-electron chi connectivity index (χ0n) is 13.1. The number of hydrogen-bond acceptors (Lipinski definition) is 3. The lowest BCUT2D eigenvalue weighted by molar-refractivity contribution is 0.128. The predicted octanol–water partition coefficient (Wildman–Crippen LogP) is 4.27. The van der Waals surface area contributed by atoms with Crippen molar-refractivity contribution in [3.05, 3.63) is 71.8 Å². The molecule has 0 radical (unpaired) electrons. The number of benzene rings is 2. The molecule has 3 nitrogen and oxygen atoms in total. The Hall–Kier alpha value is -2.13. The smallest absolute Gasteiger partial charge is 0.0636 e. The fourth-order valence-electron chi connectivity index (χ4n) is 3.59. The zero-order valence-corrected chi connectivity index (χ0v) is 13.1. The van der Waals surface area contributed by atoms with E-state index in [1.807, 2.05) is 12.1 Å². The molecule has 1 fully saturated rings. The lowest BCUT2D eigenvalue weighted by Gasteiger charge is -2.44. The van der Waals surface area contributed by atoms with Gasteiger partial charge in [0.1, 0.15) is 0 Å². The van der Waals surface area contributed by atoms with E-state index < -0.39 is 0 Å². The van der Waals surface area contributed by atoms with Gasteiger partial charge in [-0.3, -0.25) is 4.90 Å². The Morgan fingerprint density at radius 3 is 2.05 bits per heavy atom. The van der Waals surface area contributed by atoms with Gasteiger partial charge in [0.05, 0.1) is 5.71 Å². The van der Waals surface area contributed by atoms with Crippen LogP contribution in [-0.2, 0) is 0 Å². The van der Waals surface area contributed by atoms with Gasteiger partial charge in [-0.25, -0.2) is 0 Å². The van der Waals surface area contributed by atoms with E-state index in [9.17, 15) is 5.21 Å². The van der Waals surface area contributed by atoms with Gasteiger partial charge in [0, 0.05) is 24.4 Å². The summed E-state index contributed by atoms with van der Waals surface area (Å²) in [6.07, 6.45) is 0.765. The topological polar surface area (TPSA) is 35.8 Å². The number of likely N-dealkylation sites (tertiary alicyclic amines) is 1. The fourth-order valence-corrected chi connectivity index (χ4v) is 3.59. The average molecular weight is 294 g/mol. The third kappa shape index (κ3) is 2.64. The van der Waals surface area contributed by atoms with E-state index in [0.29, 0.717) is 0 Å². The molecule has 3 rings (SSSR count). The second-order valence-corrected chi connectivity index (χ2v) is 6.03. The van der Waals surface area contributed by atoms with E-state index in [2.05, 4.69) is 72.6 Å². The first-order valence-electron chi connectivity index (χ1n) is 7.75. The molecular weight excluding hydrogens is 272 g/mol. The summed E-state index contributed by atoms with van der Waals surface area (Å²) in [7, 11) is 2.17. The second-order valence-electron chi connectivity index (χ2n) is 6.03. The van der Waals surface area contributed by atoms with E-state index in [-0.39, 0.29) is 18.0 Å². The van der Waals surface area contributed by atoms with E-state index in [0.717, 1.165) is 12.1 Å². The Balaban J connectivity index is 2.01. The molecule has 0 saturated carbocycles. The number of piperidine rings is 1. The molecule has 22 heavy (non-hydrogen) atoms. The standard InChI is InChI=1S/C19H22N2O/c1-14-17(20-22)13-18(15-9-5-3-6-10-15)21(2)19(14)16-11-7-4-8-12-16/h3-12,14,18-19,22H,13H2,1-2H3/b20-17+/t14-,18-,19-/m1/s1. The Bertz CT molecular complexity index is 639. The van der Waals surface area contributed by atoms with Gasteiger partial charge in [-0.05, 0) is 18.2 Å². The van der Waals surface area contributed by atoms with Gasteiger partial charge in [0.2, 0.25) is 0 Å². The molecule has 0 unspecified atom stereocenters. The molecule has 3 atom stereocenters. The van der Waals surface area contributed by atoms with Crippen LogP contribution < -0.4 is 0 Å². The maximum Gasteiger partial charge on any atom is 0.0636 e. The molecule has 1 saturated heterocycles. The minimum absolute atomic E-state index is 0.192. The highest BCUT2D eigenvalue weighted by atomic mass is 16.4. The predicted molar refractivity (Wildman–Crippen MR) is 89.1 cm³/mol. The molecule has 2 aromatic rings. The summed E-state index contributed by atoms with van der Waals surface area (Å²) >= 11 is 0. The molecule has 1 aliphatic heterocycles. The molecule has 0 aliphatic carbocycles. The Labute approximate surface area is 131 Å². The lowest BCUT2D eigenvalue weighted by atomic mass is 9.80. The summed E-state index contributed by atoms with van der Waals surface area (Å²) in [5.41, 5.74) is 3.40. The lowest BCUT2D eigenvalue weighted by Crippen LogP contribution is -2.42. The fraction of sp³-hybridized carbons (Fsp3) is 0.316. The van der Waals surface area contributed by atoms with Crippen molar-refractivity contribution in [1.29, 1.82) is 0 Å². The highest BCUT2D eigenvalue weighted by Crippen LogP contribution is 2.42. The van der Waals surface area contributed by atoms with Gasteiger partial charge in [-0.2, -0.15) is 0 Å². The van der Waals surface area contributed by atoms with Crippen LogP contribution in [0.5, 0.6) is 0 Å². The summed E-state index contributed by atoms with van der Waals surface area (Å²) in [6, 6.07) is 21.4. The average Bonchev–Trinajstić information content (AvgIpc) is 2.57. The number of nitrogens with zero attached hydrogens (tertiary/aromatic N) is 2. The van der Waals surface area contributed by atoms with Crippen molar-refractivity contribution in [2.24, 2.45) is 11.1 Å². The van der Waals surface area contributed by atoms with Gasteiger partial charge in [-0.1, -0.05) is 72.7 Å². The van der Waals surface area contributed by atoms with Crippen molar-refractivity contribution in [1.82, 2.24) is 4.90 Å². The third-order valence-electron chi connectivity index (χ3n) is 4.79. The largest absolute Gasteiger partial charge is 0.411 e. The van der Waals surface area contributed by atoms with E-state index >= 15 is 0 Å². The summed E-state index contributed by atoms with van der Waals surface area (Å²) in [5.74, 6) is 0.192. The summed E-state index contributed by atoms with van der Waals surface area (Å²) < 4.78 is 0. The van der Waals surface area contributed by atoms with E-state index in [4.69, 9.17) is 0 Å². The van der Waals surface area contributed by atoms with Crippen molar-refractivity contribution >= 4 is 5.71 Å². The molecule has 2 aromatic carbocycles. The maximum atomic E-state index is 9.45. The Morgan fingerprint density at radius 2 is 1.50 bits per heavy atom. The van der Waals surface area contributed by atoms with Gasteiger partial charge in [-0.15, -0.1) is 0 Å². The number of hydrogen-bond donors (Lipinski definition) is 1. The maximum absolute atomic E-state index is 9.45. The van der Waals surface area contributed by atoms with Crippen molar-refractivity contribution in [2.75, 3.05) is 7.05 Å². The molecule has 1 N–H and O–H groups in total. The first kappa shape index (κ1) is 14.8. The Kier molecular flexibility index (Phi) is 4.25. The van der Waals surface area contributed by atoms with Crippen molar-refractivity contribution < 1.29 is 5.21 Å². The number of oxime groups is 1. The van der Waals surface area contributed by atoms with Gasteiger partial charge in [0.25, 0.3) is 0 Å². The summed E-state index contributed by atoms with van der Waals surface area (Å²) in [4.78, 5) is 2.41. The molecule has 1 heterocycles. The minimum atomic E-state index is 0.192. The highest BCUT2D eigenvalue weighted by molar-refractivity contribution is 5.88. The first-order valence-corrected chi connectivity index (χ1v) is 7.75. The van der Waals surface area contributed by atoms with Crippen LogP contribution in [0.15, 0.2) is 65.8 Å². The van der Waals surface area contributed by atoms with Crippen LogP contribution in [0.25, 0.3) is 0 Å². The molecule has 114 valence electrons. The molecule has 0 spiro atoms. The van der Waals surface area contributed by atoms with Crippen molar-refractivity contribution in [3.63, 3.8) is 0 Å². The molecular formula is C19H22N2O. The van der Waals surface area contributed by atoms with Gasteiger partial charge < -0.3 is 5.21 Å². The van der Waals surface area contributed by atoms with E-state index in [1.165, 1.54) is 11.1 Å². The highest BCUT2D eigenvalue weighted by Gasteiger charge is 2.38. The summed E-state index contributed by atoms with van der Waals surface area (Å²) in [6.45, 7) is 2.14. The first-order chi connectivity index (χ1) is 10.7. The normalized spacial score (nSPS) is 27.9. The van der Waals surface area contributed by atoms with Crippen molar-refractivity contribution in [3.8, 4) is 0 Å². The molecule has 0 bridgehead atoms. The summed E-state index contributed by atoms with van der Waals surface area (Å²) in [5, 5.41) is 13.1. The third-order valence-corrected chi connectivity index (χ3v) is 4.79. The molecule has 0 aromatic heterocycles. The van der Waals surface area contributed by atoms with Gasteiger partial charge in [0.15, 0.2) is 0 Å². The van der Waals surface area contributed by atoms with Crippen molar-refractivity contribution in [2.45, 2.75) is 25.4 Å². The number of rotatable bonds is 2. The quantitative estimate of drug-likeness (QED) is 0.663. The van der Waals surface area contributed by atoms with Crippen LogP contribution in [-0.4, -0.2) is 22.9 Å². The van der Waals surface area contributed by atoms with Crippen LogP contribution in [0.3, 0.4) is 0 Å². The van der Waals surface area contributed by atoms with Gasteiger partial charge >= 0.3 is 0 Å². The van der Waals surface area contributed by atoms with Crippen LogP contribution in [0.4, 0.5) is 0 Å². The molecule has 3 heteroatoms. The Morgan fingerprint density at radius 1 is 0.955 bits per heavy atom. The van der Waals surface area contributed by atoms with Crippen LogP contribution in [0.2, 0.25) is 0 Å². The molecule has 1 aliphatic rings. The SMILES string of the molecule is C[C@@H]1/C(=N/O)C[C@H](c2ccccc2)N(C)[C@H]1c1ccccc1. The molecule has 0 amide bonds.